The van der Waals surface area contributed by atoms with Gasteiger partial charge in [-0.25, -0.2) is 4.79 Å². The summed E-state index contributed by atoms with van der Waals surface area (Å²) in [6.07, 6.45) is 0.207. The molecule has 0 spiro atoms. The summed E-state index contributed by atoms with van der Waals surface area (Å²) in [5.74, 6) is 0.578. The fourth-order valence-electron chi connectivity index (χ4n) is 5.75. The quantitative estimate of drug-likeness (QED) is 0.587. The summed E-state index contributed by atoms with van der Waals surface area (Å²) in [6.45, 7) is 5.59. The number of halogens is 3. The minimum atomic E-state index is -4.66. The number of alkyl halides is 3. The Hall–Kier alpha value is -1.76. The Bertz CT molecular complexity index is 784. The number of benzene rings is 1. The zero-order valence-corrected chi connectivity index (χ0v) is 17.5. The Morgan fingerprint density at radius 2 is 1.60 bits per heavy atom. The van der Waals surface area contributed by atoms with Gasteiger partial charge in [-0.15, -0.1) is 0 Å². The fraction of sp³-hybridized carbons (Fsp3) is 0.696. The van der Waals surface area contributed by atoms with Crippen molar-refractivity contribution in [3.05, 3.63) is 29.3 Å². The van der Waals surface area contributed by atoms with E-state index in [-0.39, 0.29) is 11.7 Å². The number of carboxylic acid groups (broad SMARTS) is 1. The lowest BCUT2D eigenvalue weighted by atomic mass is 9.55. The molecule has 30 heavy (non-hydrogen) atoms. The highest BCUT2D eigenvalue weighted by atomic mass is 19.4. The van der Waals surface area contributed by atoms with Gasteiger partial charge in [0.1, 0.15) is 5.75 Å². The molecule has 1 unspecified atom stereocenters. The van der Waals surface area contributed by atoms with Gasteiger partial charge in [0.15, 0.2) is 0 Å². The van der Waals surface area contributed by atoms with Crippen molar-refractivity contribution in [2.45, 2.75) is 71.4 Å². The third kappa shape index (κ3) is 4.18. The molecule has 4 aliphatic carbocycles. The molecular formula is C23H29F3O4. The Kier molecular flexibility index (Phi) is 5.32. The van der Waals surface area contributed by atoms with E-state index in [1.807, 2.05) is 20.8 Å². The van der Waals surface area contributed by atoms with Crippen LogP contribution in [-0.2, 0) is 10.9 Å². The van der Waals surface area contributed by atoms with Crippen LogP contribution in [0.5, 0.6) is 5.75 Å². The maximum Gasteiger partial charge on any atom is 0.419 e. The highest BCUT2D eigenvalue weighted by molar-refractivity contribution is 5.88. The van der Waals surface area contributed by atoms with E-state index in [9.17, 15) is 23.1 Å². The lowest BCUT2D eigenvalue weighted by Gasteiger charge is -2.55. The van der Waals surface area contributed by atoms with Crippen LogP contribution in [0.15, 0.2) is 18.2 Å². The maximum absolute atomic E-state index is 13.6. The van der Waals surface area contributed by atoms with Crippen LogP contribution in [0.2, 0.25) is 0 Å². The zero-order valence-electron chi connectivity index (χ0n) is 17.5. The minimum absolute atomic E-state index is 0.0148. The molecule has 1 aromatic rings. The van der Waals surface area contributed by atoms with Crippen LogP contribution >= 0.6 is 0 Å². The standard InChI is InChI=1S/C23H29F3O4/c1-22(2,3)21(30-19-15-7-12-6-13(9-15)10-16(19)8-12)29-18-11-14(20(27)28)4-5-17(18)23(24,25)26/h4-5,11-13,15-16,19,21H,6-10H2,1-3H3,(H,27,28). The van der Waals surface area contributed by atoms with Crippen molar-refractivity contribution in [1.82, 2.24) is 0 Å². The average Bonchev–Trinajstić information content (AvgIpc) is 2.61. The van der Waals surface area contributed by atoms with E-state index >= 15 is 0 Å². The molecule has 0 saturated heterocycles. The summed E-state index contributed by atoms with van der Waals surface area (Å²) in [6, 6.07) is 2.66. The van der Waals surface area contributed by atoms with Crippen molar-refractivity contribution in [2.24, 2.45) is 29.1 Å². The van der Waals surface area contributed by atoms with Gasteiger partial charge in [-0.3, -0.25) is 0 Å². The molecular weight excluding hydrogens is 397 g/mol. The number of carboxylic acids is 1. The molecule has 5 rings (SSSR count). The molecule has 7 heteroatoms. The van der Waals surface area contributed by atoms with Gasteiger partial charge in [0, 0.05) is 5.41 Å². The van der Waals surface area contributed by atoms with Gasteiger partial charge < -0.3 is 14.6 Å². The number of ether oxygens (including phenoxy) is 2. The van der Waals surface area contributed by atoms with E-state index in [1.165, 1.54) is 6.42 Å². The van der Waals surface area contributed by atoms with Gasteiger partial charge >= 0.3 is 12.1 Å². The van der Waals surface area contributed by atoms with E-state index in [2.05, 4.69) is 0 Å². The molecule has 1 aromatic carbocycles. The van der Waals surface area contributed by atoms with E-state index in [1.54, 1.807) is 0 Å². The van der Waals surface area contributed by atoms with Gasteiger partial charge in [0.25, 0.3) is 0 Å². The van der Waals surface area contributed by atoms with Crippen LogP contribution in [0.1, 0.15) is 68.8 Å². The fourth-order valence-corrected chi connectivity index (χ4v) is 5.75. The molecule has 1 N–H and O–H groups in total. The second-order valence-electron chi connectivity index (χ2n) is 10.4. The Morgan fingerprint density at radius 3 is 2.07 bits per heavy atom. The van der Waals surface area contributed by atoms with Crippen molar-refractivity contribution >= 4 is 5.97 Å². The van der Waals surface area contributed by atoms with Crippen molar-refractivity contribution in [1.29, 1.82) is 0 Å². The summed E-state index contributed by atoms with van der Waals surface area (Å²) in [7, 11) is 0. The van der Waals surface area contributed by atoms with Crippen molar-refractivity contribution < 1.29 is 32.5 Å². The summed E-state index contributed by atoms with van der Waals surface area (Å²) in [4.78, 5) is 11.3. The Balaban J connectivity index is 1.61. The van der Waals surface area contributed by atoms with Gasteiger partial charge in [0.2, 0.25) is 6.29 Å². The lowest BCUT2D eigenvalue weighted by Crippen LogP contribution is -2.52. The number of carbonyl (C=O) groups is 1. The first kappa shape index (κ1) is 21.5. The summed E-state index contributed by atoms with van der Waals surface area (Å²) >= 11 is 0. The smallest absolute Gasteiger partial charge is 0.419 e. The third-order valence-electron chi connectivity index (χ3n) is 6.90. The second kappa shape index (κ2) is 7.43. The monoisotopic (exact) mass is 426 g/mol. The Morgan fingerprint density at radius 1 is 1.03 bits per heavy atom. The molecule has 0 aromatic heterocycles. The van der Waals surface area contributed by atoms with E-state index in [0.717, 1.165) is 55.7 Å². The molecule has 4 fully saturated rings. The van der Waals surface area contributed by atoms with Crippen LogP contribution in [-0.4, -0.2) is 23.5 Å². The minimum Gasteiger partial charge on any atom is -0.478 e. The predicted molar refractivity (Wildman–Crippen MR) is 104 cm³/mol. The second-order valence-corrected chi connectivity index (χ2v) is 10.4. The molecule has 0 heterocycles. The first-order chi connectivity index (χ1) is 13.9. The van der Waals surface area contributed by atoms with Gasteiger partial charge in [-0.1, -0.05) is 20.8 Å². The maximum atomic E-state index is 13.6. The number of hydrogen-bond donors (Lipinski definition) is 1. The summed E-state index contributed by atoms with van der Waals surface area (Å²) in [5, 5.41) is 9.23. The molecule has 4 nitrogen and oxygen atoms in total. The summed E-state index contributed by atoms with van der Waals surface area (Å²) < 4.78 is 52.9. The normalized spacial score (nSPS) is 31.6. The van der Waals surface area contributed by atoms with E-state index < -0.39 is 35.2 Å². The zero-order chi connectivity index (χ0) is 21.8. The van der Waals surface area contributed by atoms with Gasteiger partial charge in [-0.05, 0) is 74.0 Å². The third-order valence-corrected chi connectivity index (χ3v) is 6.90. The first-order valence-corrected chi connectivity index (χ1v) is 10.7. The van der Waals surface area contributed by atoms with Crippen LogP contribution in [0, 0.1) is 29.1 Å². The van der Waals surface area contributed by atoms with E-state index in [4.69, 9.17) is 9.47 Å². The first-order valence-electron chi connectivity index (χ1n) is 10.7. The number of hydrogen-bond acceptors (Lipinski definition) is 3. The van der Waals surface area contributed by atoms with Crippen molar-refractivity contribution in [3.8, 4) is 5.75 Å². The molecule has 0 amide bonds. The van der Waals surface area contributed by atoms with Gasteiger partial charge in [0.05, 0.1) is 17.2 Å². The molecule has 0 radical (unpaired) electrons. The van der Waals surface area contributed by atoms with Crippen molar-refractivity contribution in [3.63, 3.8) is 0 Å². The molecule has 4 aliphatic rings. The molecule has 1 atom stereocenters. The lowest BCUT2D eigenvalue weighted by molar-refractivity contribution is -0.229. The van der Waals surface area contributed by atoms with Crippen LogP contribution < -0.4 is 4.74 Å². The molecule has 166 valence electrons. The highest BCUT2D eigenvalue weighted by Gasteiger charge is 2.50. The van der Waals surface area contributed by atoms with Crippen LogP contribution in [0.3, 0.4) is 0 Å². The molecule has 0 aliphatic heterocycles. The van der Waals surface area contributed by atoms with Crippen LogP contribution in [0.4, 0.5) is 13.2 Å². The predicted octanol–water partition coefficient (Wildman–Crippen LogP) is 6.00. The highest BCUT2D eigenvalue weighted by Crippen LogP contribution is 2.55. The topological polar surface area (TPSA) is 55.8 Å². The Labute approximate surface area is 174 Å². The van der Waals surface area contributed by atoms with Gasteiger partial charge in [-0.2, -0.15) is 13.2 Å². The van der Waals surface area contributed by atoms with E-state index in [0.29, 0.717) is 11.8 Å². The SMILES string of the molecule is CC(C)(C)C(Oc1cc(C(=O)O)ccc1C(F)(F)F)OC1C2CC3CC(C2)CC1C3. The number of rotatable bonds is 5. The van der Waals surface area contributed by atoms with Crippen molar-refractivity contribution in [2.75, 3.05) is 0 Å². The molecule has 4 saturated carbocycles. The van der Waals surface area contributed by atoms with Crippen LogP contribution in [0.25, 0.3) is 0 Å². The average molecular weight is 426 g/mol. The number of aromatic carboxylic acids is 1. The summed E-state index contributed by atoms with van der Waals surface area (Å²) in [5.41, 5.74) is -1.83. The molecule has 4 bridgehead atoms. The largest absolute Gasteiger partial charge is 0.478 e.